The third-order valence-electron chi connectivity index (χ3n) is 6.29. The number of fused-ring (bicyclic) bond motifs is 3. The van der Waals surface area contributed by atoms with Crippen molar-refractivity contribution in [3.05, 3.63) is 71.9 Å². The number of aryl methyl sites for hydroxylation is 3. The molecule has 0 N–H and O–H groups in total. The lowest BCUT2D eigenvalue weighted by Crippen LogP contribution is -2.20. The van der Waals surface area contributed by atoms with E-state index in [1.807, 2.05) is 19.1 Å². The van der Waals surface area contributed by atoms with Crippen LogP contribution in [0, 0.1) is 13.8 Å². The zero-order chi connectivity index (χ0) is 23.4. The van der Waals surface area contributed by atoms with E-state index in [4.69, 9.17) is 9.15 Å². The van der Waals surface area contributed by atoms with Crippen molar-refractivity contribution >= 4 is 38.5 Å². The maximum absolute atomic E-state index is 13.0. The van der Waals surface area contributed by atoms with Crippen LogP contribution in [0.1, 0.15) is 63.9 Å². The number of rotatable bonds is 4. The molecule has 4 heterocycles. The average Bonchev–Trinajstić information content (AvgIpc) is 3.36. The van der Waals surface area contributed by atoms with Gasteiger partial charge in [0, 0.05) is 30.0 Å². The SMILES string of the molecule is Cc1cc2oc(=O)cc(COC(=O)c3sc4nc5n(c(=O)c4c3C)CCC5)c2cc1C(C)C. The van der Waals surface area contributed by atoms with E-state index in [1.165, 1.54) is 17.4 Å². The molecular weight excluding hydrogens is 440 g/mol. The van der Waals surface area contributed by atoms with E-state index < -0.39 is 11.6 Å². The standard InChI is InChI=1S/C25H24N2O5S/c1-12(2)16-10-17-15(9-20(28)32-18(17)8-13(16)3)11-31-25(30)22-14(4)21-23(33-22)26-19-6-5-7-27(19)24(21)29/h8-10,12H,5-7,11H2,1-4H3. The van der Waals surface area contributed by atoms with Crippen molar-refractivity contribution in [3.8, 4) is 0 Å². The van der Waals surface area contributed by atoms with Crippen molar-refractivity contribution in [2.75, 3.05) is 0 Å². The van der Waals surface area contributed by atoms with Gasteiger partial charge in [-0.2, -0.15) is 0 Å². The van der Waals surface area contributed by atoms with Gasteiger partial charge in [0.25, 0.3) is 5.56 Å². The van der Waals surface area contributed by atoms with Gasteiger partial charge in [0.1, 0.15) is 27.7 Å². The molecule has 0 saturated heterocycles. The predicted molar refractivity (Wildman–Crippen MR) is 127 cm³/mol. The third kappa shape index (κ3) is 3.58. The molecule has 0 bridgehead atoms. The zero-order valence-electron chi connectivity index (χ0n) is 19.0. The van der Waals surface area contributed by atoms with Gasteiger partial charge in [0.15, 0.2) is 0 Å². The van der Waals surface area contributed by atoms with Crippen molar-refractivity contribution in [2.24, 2.45) is 0 Å². The molecule has 3 aromatic heterocycles. The van der Waals surface area contributed by atoms with Crippen LogP contribution in [0.3, 0.4) is 0 Å². The summed E-state index contributed by atoms with van der Waals surface area (Å²) in [5.41, 5.74) is 3.26. The highest BCUT2D eigenvalue weighted by Gasteiger charge is 2.24. The van der Waals surface area contributed by atoms with E-state index in [2.05, 4.69) is 18.8 Å². The molecule has 1 aromatic carbocycles. The van der Waals surface area contributed by atoms with Crippen LogP contribution in [0.15, 0.2) is 32.2 Å². The highest BCUT2D eigenvalue weighted by Crippen LogP contribution is 2.30. The maximum atomic E-state index is 13.0. The van der Waals surface area contributed by atoms with Crippen LogP contribution >= 0.6 is 11.3 Å². The first kappa shape index (κ1) is 21.6. The Morgan fingerprint density at radius 2 is 2.03 bits per heavy atom. The summed E-state index contributed by atoms with van der Waals surface area (Å²) in [5.74, 6) is 0.538. The van der Waals surface area contributed by atoms with E-state index in [1.54, 1.807) is 11.5 Å². The van der Waals surface area contributed by atoms with Crippen LogP contribution in [0.5, 0.6) is 0 Å². The number of carbonyl (C=O) groups is 1. The lowest BCUT2D eigenvalue weighted by Gasteiger charge is -2.13. The molecule has 0 atom stereocenters. The Hall–Kier alpha value is -3.26. The summed E-state index contributed by atoms with van der Waals surface area (Å²) >= 11 is 1.18. The second-order valence-corrected chi connectivity index (χ2v) is 9.85. The number of thiophene rings is 1. The monoisotopic (exact) mass is 464 g/mol. The number of carbonyl (C=O) groups excluding carboxylic acids is 1. The van der Waals surface area contributed by atoms with Gasteiger partial charge in [-0.15, -0.1) is 11.3 Å². The van der Waals surface area contributed by atoms with Gasteiger partial charge in [-0.05, 0) is 55.0 Å². The fourth-order valence-electron chi connectivity index (χ4n) is 4.61. The molecule has 0 spiro atoms. The number of ether oxygens (including phenoxy) is 1. The highest BCUT2D eigenvalue weighted by molar-refractivity contribution is 7.20. The summed E-state index contributed by atoms with van der Waals surface area (Å²) in [7, 11) is 0. The van der Waals surface area contributed by atoms with E-state index in [0.29, 0.717) is 44.3 Å². The topological polar surface area (TPSA) is 91.4 Å². The largest absolute Gasteiger partial charge is 0.457 e. The summed E-state index contributed by atoms with van der Waals surface area (Å²) in [6.45, 7) is 8.53. The van der Waals surface area contributed by atoms with Crippen LogP contribution in [0.25, 0.3) is 21.2 Å². The van der Waals surface area contributed by atoms with Gasteiger partial charge in [-0.25, -0.2) is 14.6 Å². The Balaban J connectivity index is 1.49. The van der Waals surface area contributed by atoms with Crippen LogP contribution in [-0.2, 0) is 24.3 Å². The molecule has 8 heteroatoms. The van der Waals surface area contributed by atoms with Crippen LogP contribution in [0.2, 0.25) is 0 Å². The Kier molecular flexibility index (Phi) is 5.20. The molecule has 0 saturated carbocycles. The minimum absolute atomic E-state index is 0.0713. The quantitative estimate of drug-likeness (QED) is 0.324. The first-order valence-corrected chi connectivity index (χ1v) is 11.8. The molecule has 0 amide bonds. The Bertz CT molecular complexity index is 1560. The summed E-state index contributed by atoms with van der Waals surface area (Å²) in [6.07, 6.45) is 1.67. The number of benzene rings is 1. The van der Waals surface area contributed by atoms with Gasteiger partial charge in [0.2, 0.25) is 0 Å². The summed E-state index contributed by atoms with van der Waals surface area (Å²) in [5, 5.41) is 1.24. The number of hydrogen-bond donors (Lipinski definition) is 0. The molecule has 1 aliphatic heterocycles. The minimum atomic E-state index is -0.530. The van der Waals surface area contributed by atoms with E-state index in [-0.39, 0.29) is 12.2 Å². The highest BCUT2D eigenvalue weighted by atomic mass is 32.1. The van der Waals surface area contributed by atoms with E-state index in [0.717, 1.165) is 35.2 Å². The molecular formula is C25H24N2O5S. The minimum Gasteiger partial charge on any atom is -0.457 e. The average molecular weight is 465 g/mol. The smallest absolute Gasteiger partial charge is 0.349 e. The predicted octanol–water partition coefficient (Wildman–Crippen LogP) is 4.61. The van der Waals surface area contributed by atoms with Crippen molar-refractivity contribution in [3.63, 3.8) is 0 Å². The summed E-state index contributed by atoms with van der Waals surface area (Å²) < 4.78 is 12.7. The van der Waals surface area contributed by atoms with Crippen molar-refractivity contribution in [1.82, 2.24) is 9.55 Å². The number of hydrogen-bond acceptors (Lipinski definition) is 7. The number of nitrogens with zero attached hydrogens (tertiary/aromatic N) is 2. The lowest BCUT2D eigenvalue weighted by molar-refractivity contribution is 0.0479. The van der Waals surface area contributed by atoms with Crippen molar-refractivity contribution in [2.45, 2.75) is 59.6 Å². The fourth-order valence-corrected chi connectivity index (χ4v) is 5.70. The van der Waals surface area contributed by atoms with Gasteiger partial charge in [-0.1, -0.05) is 13.8 Å². The molecule has 0 radical (unpaired) electrons. The molecule has 7 nitrogen and oxygen atoms in total. The first-order valence-electron chi connectivity index (χ1n) is 11.0. The van der Waals surface area contributed by atoms with Crippen LogP contribution in [-0.4, -0.2) is 15.5 Å². The summed E-state index contributed by atoms with van der Waals surface area (Å²) in [4.78, 5) is 43.5. The van der Waals surface area contributed by atoms with Crippen molar-refractivity contribution in [1.29, 1.82) is 0 Å². The first-order chi connectivity index (χ1) is 15.7. The zero-order valence-corrected chi connectivity index (χ0v) is 19.8. The Morgan fingerprint density at radius 1 is 1.24 bits per heavy atom. The third-order valence-corrected chi connectivity index (χ3v) is 7.46. The van der Waals surface area contributed by atoms with Gasteiger partial charge < -0.3 is 9.15 Å². The Labute approximate surface area is 193 Å². The molecule has 170 valence electrons. The van der Waals surface area contributed by atoms with Gasteiger partial charge in [-0.3, -0.25) is 9.36 Å². The summed E-state index contributed by atoms with van der Waals surface area (Å²) in [6, 6.07) is 5.22. The molecule has 0 fully saturated rings. The number of aromatic nitrogens is 2. The molecule has 0 unspecified atom stereocenters. The van der Waals surface area contributed by atoms with E-state index in [9.17, 15) is 14.4 Å². The lowest BCUT2D eigenvalue weighted by atomic mass is 9.95. The molecule has 1 aliphatic rings. The molecule has 33 heavy (non-hydrogen) atoms. The maximum Gasteiger partial charge on any atom is 0.349 e. The van der Waals surface area contributed by atoms with Gasteiger partial charge in [0.05, 0.1) is 5.39 Å². The van der Waals surface area contributed by atoms with Gasteiger partial charge >= 0.3 is 11.6 Å². The second kappa shape index (κ2) is 7.95. The van der Waals surface area contributed by atoms with Crippen molar-refractivity contribution < 1.29 is 13.9 Å². The Morgan fingerprint density at radius 3 is 2.79 bits per heavy atom. The second-order valence-electron chi connectivity index (χ2n) is 8.85. The fraction of sp³-hybridized carbons (Fsp3) is 0.360. The van der Waals surface area contributed by atoms with Crippen LogP contribution in [0.4, 0.5) is 0 Å². The van der Waals surface area contributed by atoms with E-state index >= 15 is 0 Å². The normalized spacial score (nSPS) is 13.2. The molecule has 0 aliphatic carbocycles. The number of esters is 1. The van der Waals surface area contributed by atoms with Crippen LogP contribution < -0.4 is 11.2 Å². The molecule has 4 aromatic rings. The molecule has 5 rings (SSSR count).